The van der Waals surface area contributed by atoms with E-state index in [1.54, 1.807) is 6.92 Å². The maximum Gasteiger partial charge on any atom is 0.241 e. The van der Waals surface area contributed by atoms with E-state index in [0.717, 1.165) is 30.0 Å². The van der Waals surface area contributed by atoms with E-state index in [9.17, 15) is 8.78 Å². The highest BCUT2D eigenvalue weighted by atomic mass is 32.2. The number of benzene rings is 1. The van der Waals surface area contributed by atoms with Gasteiger partial charge in [0, 0.05) is 0 Å². The Hall–Kier alpha value is -1.89. The topological polar surface area (TPSA) is 61.0 Å². The van der Waals surface area contributed by atoms with Crippen LogP contribution in [0.4, 0.5) is 14.5 Å². The van der Waals surface area contributed by atoms with E-state index in [1.807, 2.05) is 0 Å². The summed E-state index contributed by atoms with van der Waals surface area (Å²) in [5, 5.41) is 0.322. The van der Waals surface area contributed by atoms with Crippen molar-refractivity contribution in [2.75, 3.05) is 12.3 Å². The first kappa shape index (κ1) is 13.5. The highest BCUT2D eigenvalue weighted by Gasteiger charge is 2.13. The summed E-state index contributed by atoms with van der Waals surface area (Å²) in [4.78, 5) is 7.92. The standard InChI is InChI=1S/C12H11F2N3OS/c1-2-18-11-10(15)12(17-6-16-11)19-9-5-7(13)3-4-8(9)14/h3-6H,2,15H2,1H3. The van der Waals surface area contributed by atoms with Crippen LogP contribution in [0.5, 0.6) is 5.88 Å². The molecule has 19 heavy (non-hydrogen) atoms. The highest BCUT2D eigenvalue weighted by molar-refractivity contribution is 7.99. The van der Waals surface area contributed by atoms with Crippen LogP contribution in [0.25, 0.3) is 0 Å². The number of nitrogens with zero attached hydrogens (tertiary/aromatic N) is 2. The van der Waals surface area contributed by atoms with Gasteiger partial charge in [0.2, 0.25) is 5.88 Å². The molecule has 0 aliphatic heterocycles. The van der Waals surface area contributed by atoms with Crippen molar-refractivity contribution in [2.45, 2.75) is 16.8 Å². The molecule has 1 aromatic carbocycles. The van der Waals surface area contributed by atoms with Crippen LogP contribution in [0.1, 0.15) is 6.92 Å². The number of rotatable bonds is 4. The van der Waals surface area contributed by atoms with Gasteiger partial charge < -0.3 is 10.5 Å². The van der Waals surface area contributed by atoms with E-state index >= 15 is 0 Å². The molecule has 1 heterocycles. The molecule has 0 bridgehead atoms. The van der Waals surface area contributed by atoms with Crippen molar-refractivity contribution in [3.05, 3.63) is 36.2 Å². The number of hydrogen-bond acceptors (Lipinski definition) is 5. The summed E-state index contributed by atoms with van der Waals surface area (Å²) in [7, 11) is 0. The van der Waals surface area contributed by atoms with Gasteiger partial charge in [0.1, 0.15) is 28.7 Å². The molecule has 0 aliphatic carbocycles. The van der Waals surface area contributed by atoms with Crippen LogP contribution in [0.2, 0.25) is 0 Å². The Morgan fingerprint density at radius 1 is 1.32 bits per heavy atom. The molecule has 7 heteroatoms. The van der Waals surface area contributed by atoms with Crippen molar-refractivity contribution in [3.63, 3.8) is 0 Å². The Labute approximate surface area is 113 Å². The fraction of sp³-hybridized carbons (Fsp3) is 0.167. The van der Waals surface area contributed by atoms with Crippen molar-refractivity contribution in [1.29, 1.82) is 0 Å². The minimum Gasteiger partial charge on any atom is -0.476 e. The summed E-state index contributed by atoms with van der Waals surface area (Å²) in [6.45, 7) is 2.19. The lowest BCUT2D eigenvalue weighted by Gasteiger charge is -2.09. The number of halogens is 2. The lowest BCUT2D eigenvalue weighted by atomic mass is 10.3. The number of hydrogen-bond donors (Lipinski definition) is 1. The minimum atomic E-state index is -0.539. The van der Waals surface area contributed by atoms with Crippen LogP contribution in [0.15, 0.2) is 34.4 Å². The molecule has 4 nitrogen and oxygen atoms in total. The van der Waals surface area contributed by atoms with Crippen LogP contribution in [0.3, 0.4) is 0 Å². The van der Waals surface area contributed by atoms with Gasteiger partial charge in [-0.1, -0.05) is 11.8 Å². The van der Waals surface area contributed by atoms with Gasteiger partial charge in [0.05, 0.1) is 11.5 Å². The number of nitrogens with two attached hydrogens (primary N) is 1. The molecule has 0 fully saturated rings. The summed E-state index contributed by atoms with van der Waals surface area (Å²) in [6, 6.07) is 3.19. The second kappa shape index (κ2) is 5.83. The molecule has 0 radical (unpaired) electrons. The van der Waals surface area contributed by atoms with Crippen molar-refractivity contribution in [3.8, 4) is 5.88 Å². The zero-order valence-corrected chi connectivity index (χ0v) is 10.9. The molecule has 1 aromatic heterocycles. The molecular weight excluding hydrogens is 272 g/mol. The molecule has 0 unspecified atom stereocenters. The second-order valence-corrected chi connectivity index (χ2v) is 4.54. The van der Waals surface area contributed by atoms with Gasteiger partial charge in [0.25, 0.3) is 0 Å². The molecule has 0 spiro atoms. The number of anilines is 1. The second-order valence-electron chi connectivity index (χ2n) is 3.51. The third-order valence-corrected chi connectivity index (χ3v) is 3.24. The monoisotopic (exact) mass is 283 g/mol. The molecule has 2 aromatic rings. The van der Waals surface area contributed by atoms with Crippen molar-refractivity contribution in [1.82, 2.24) is 9.97 Å². The molecule has 0 atom stereocenters. The number of aromatic nitrogens is 2. The molecule has 0 saturated carbocycles. The van der Waals surface area contributed by atoms with E-state index < -0.39 is 11.6 Å². The fourth-order valence-corrected chi connectivity index (χ4v) is 2.20. The summed E-state index contributed by atoms with van der Waals surface area (Å²) in [5.74, 6) is -0.833. The quantitative estimate of drug-likeness (QED) is 0.874. The maximum absolute atomic E-state index is 13.5. The average molecular weight is 283 g/mol. The summed E-state index contributed by atoms with van der Waals surface area (Å²) < 4.78 is 31.8. The molecule has 0 saturated heterocycles. The summed E-state index contributed by atoms with van der Waals surface area (Å²) in [6.07, 6.45) is 1.26. The lowest BCUT2D eigenvalue weighted by Crippen LogP contribution is -2.02. The Kier molecular flexibility index (Phi) is 4.16. The number of ether oxygens (including phenoxy) is 1. The average Bonchev–Trinajstić information content (AvgIpc) is 2.39. The lowest BCUT2D eigenvalue weighted by molar-refractivity contribution is 0.327. The first-order valence-electron chi connectivity index (χ1n) is 5.48. The SMILES string of the molecule is CCOc1ncnc(Sc2cc(F)ccc2F)c1N. The van der Waals surface area contributed by atoms with Gasteiger partial charge in [-0.05, 0) is 25.1 Å². The minimum absolute atomic E-state index is 0.104. The predicted molar refractivity (Wildman–Crippen MR) is 68.1 cm³/mol. The Morgan fingerprint density at radius 2 is 2.11 bits per heavy atom. The first-order chi connectivity index (χ1) is 9.11. The molecule has 0 aliphatic rings. The van der Waals surface area contributed by atoms with Crippen molar-refractivity contribution < 1.29 is 13.5 Å². The zero-order chi connectivity index (χ0) is 13.8. The largest absolute Gasteiger partial charge is 0.476 e. The van der Waals surface area contributed by atoms with Gasteiger partial charge in [-0.3, -0.25) is 0 Å². The Morgan fingerprint density at radius 3 is 2.84 bits per heavy atom. The Balaban J connectivity index is 2.33. The third-order valence-electron chi connectivity index (χ3n) is 2.19. The van der Waals surface area contributed by atoms with Gasteiger partial charge >= 0.3 is 0 Å². The summed E-state index contributed by atoms with van der Waals surface area (Å²) >= 11 is 0.924. The van der Waals surface area contributed by atoms with Gasteiger partial charge in [-0.2, -0.15) is 4.98 Å². The van der Waals surface area contributed by atoms with Crippen LogP contribution >= 0.6 is 11.8 Å². The molecule has 2 rings (SSSR count). The third kappa shape index (κ3) is 3.11. The molecular formula is C12H11F2N3OS. The van der Waals surface area contributed by atoms with Crippen LogP contribution in [0, 0.1) is 11.6 Å². The number of nitrogen functional groups attached to an aromatic ring is 1. The van der Waals surface area contributed by atoms with Crippen LogP contribution in [-0.2, 0) is 0 Å². The van der Waals surface area contributed by atoms with Gasteiger partial charge in [-0.25, -0.2) is 13.8 Å². The smallest absolute Gasteiger partial charge is 0.241 e. The highest BCUT2D eigenvalue weighted by Crippen LogP contribution is 2.35. The maximum atomic E-state index is 13.5. The first-order valence-corrected chi connectivity index (χ1v) is 6.29. The van der Waals surface area contributed by atoms with Crippen LogP contribution < -0.4 is 10.5 Å². The van der Waals surface area contributed by atoms with E-state index in [2.05, 4.69) is 9.97 Å². The Bertz CT molecular complexity index is 595. The predicted octanol–water partition coefficient (Wildman–Crippen LogP) is 2.89. The fourth-order valence-electron chi connectivity index (χ4n) is 1.36. The van der Waals surface area contributed by atoms with E-state index in [-0.39, 0.29) is 16.5 Å². The van der Waals surface area contributed by atoms with E-state index in [1.165, 1.54) is 6.33 Å². The van der Waals surface area contributed by atoms with Crippen molar-refractivity contribution in [2.24, 2.45) is 0 Å². The zero-order valence-electron chi connectivity index (χ0n) is 10.1. The van der Waals surface area contributed by atoms with Gasteiger partial charge in [0.15, 0.2) is 0 Å². The molecule has 2 N–H and O–H groups in total. The van der Waals surface area contributed by atoms with E-state index in [4.69, 9.17) is 10.5 Å². The van der Waals surface area contributed by atoms with Gasteiger partial charge in [-0.15, -0.1) is 0 Å². The van der Waals surface area contributed by atoms with E-state index in [0.29, 0.717) is 11.6 Å². The summed E-state index contributed by atoms with van der Waals surface area (Å²) in [5.41, 5.74) is 6.02. The normalized spacial score (nSPS) is 10.5. The van der Waals surface area contributed by atoms with Crippen LogP contribution in [-0.4, -0.2) is 16.6 Å². The molecule has 100 valence electrons. The van der Waals surface area contributed by atoms with Crippen molar-refractivity contribution >= 4 is 17.4 Å². The molecule has 0 amide bonds.